The molecule has 0 spiro atoms. The quantitative estimate of drug-likeness (QED) is 0.762. The van der Waals surface area contributed by atoms with Gasteiger partial charge >= 0.3 is 5.97 Å². The highest BCUT2D eigenvalue weighted by Gasteiger charge is 2.27. The summed E-state index contributed by atoms with van der Waals surface area (Å²) in [6, 6.07) is 0.0138. The summed E-state index contributed by atoms with van der Waals surface area (Å²) in [4.78, 5) is 24.9. The van der Waals surface area contributed by atoms with E-state index < -0.39 is 5.97 Å². The first-order valence-electron chi connectivity index (χ1n) is 7.20. The van der Waals surface area contributed by atoms with E-state index in [1.54, 1.807) is 11.1 Å². The number of nitrogens with zero attached hydrogens (tertiary/aromatic N) is 4. The smallest absolute Gasteiger partial charge is 0.303 e. The van der Waals surface area contributed by atoms with Gasteiger partial charge < -0.3 is 15.7 Å². The van der Waals surface area contributed by atoms with Crippen molar-refractivity contribution in [2.75, 3.05) is 6.54 Å². The topological polar surface area (TPSA) is 114 Å². The van der Waals surface area contributed by atoms with Crippen molar-refractivity contribution in [2.24, 2.45) is 5.73 Å². The molecule has 1 unspecified atom stereocenters. The lowest BCUT2D eigenvalue weighted by atomic mass is 9.98. The molecule has 116 valence electrons. The van der Waals surface area contributed by atoms with Gasteiger partial charge in [-0.1, -0.05) is 5.21 Å². The first kappa shape index (κ1) is 15.4. The van der Waals surface area contributed by atoms with Gasteiger partial charge in [0.1, 0.15) is 6.54 Å². The van der Waals surface area contributed by atoms with Crippen LogP contribution >= 0.6 is 0 Å². The predicted octanol–water partition coefficient (Wildman–Crippen LogP) is -0.0173. The first-order chi connectivity index (χ1) is 10.1. The Morgan fingerprint density at radius 2 is 2.24 bits per heavy atom. The SMILES string of the molecule is NCc1cn(CC(=O)N2CCCCC2CCC(=O)O)nn1. The average Bonchev–Trinajstić information content (AvgIpc) is 2.93. The lowest BCUT2D eigenvalue weighted by Gasteiger charge is -2.35. The van der Waals surface area contributed by atoms with Crippen LogP contribution < -0.4 is 5.73 Å². The molecule has 1 aliphatic rings. The number of aromatic nitrogens is 3. The van der Waals surface area contributed by atoms with E-state index in [4.69, 9.17) is 10.8 Å². The largest absolute Gasteiger partial charge is 0.481 e. The van der Waals surface area contributed by atoms with Crippen molar-refractivity contribution in [3.63, 3.8) is 0 Å². The van der Waals surface area contributed by atoms with Crippen LogP contribution in [0.15, 0.2) is 6.20 Å². The van der Waals surface area contributed by atoms with Crippen LogP contribution in [0.1, 0.15) is 37.8 Å². The maximum absolute atomic E-state index is 12.4. The fourth-order valence-electron chi connectivity index (χ4n) is 2.66. The number of carboxylic acids is 1. The van der Waals surface area contributed by atoms with Gasteiger partial charge in [-0.15, -0.1) is 5.10 Å². The van der Waals surface area contributed by atoms with Gasteiger partial charge in [-0.05, 0) is 25.7 Å². The molecular weight excluding hydrogens is 274 g/mol. The summed E-state index contributed by atoms with van der Waals surface area (Å²) < 4.78 is 1.48. The highest BCUT2D eigenvalue weighted by molar-refractivity contribution is 5.76. The van der Waals surface area contributed by atoms with Gasteiger partial charge in [0, 0.05) is 25.6 Å². The Morgan fingerprint density at radius 3 is 2.90 bits per heavy atom. The number of likely N-dealkylation sites (tertiary alicyclic amines) is 1. The van der Waals surface area contributed by atoms with E-state index in [-0.39, 0.29) is 24.9 Å². The number of piperidine rings is 1. The van der Waals surface area contributed by atoms with E-state index in [2.05, 4.69) is 10.3 Å². The third-order valence-electron chi connectivity index (χ3n) is 3.73. The van der Waals surface area contributed by atoms with Crippen molar-refractivity contribution in [1.82, 2.24) is 19.9 Å². The van der Waals surface area contributed by atoms with E-state index >= 15 is 0 Å². The standard InChI is InChI=1S/C13H21N5O3/c14-7-10-8-17(16-15-10)9-12(19)18-6-2-1-3-11(18)4-5-13(20)21/h8,11H,1-7,9,14H2,(H,20,21). The number of carbonyl (C=O) groups excluding carboxylic acids is 1. The molecule has 1 amide bonds. The Morgan fingerprint density at radius 1 is 1.43 bits per heavy atom. The Labute approximate surface area is 122 Å². The summed E-state index contributed by atoms with van der Waals surface area (Å²) in [5, 5.41) is 16.5. The van der Waals surface area contributed by atoms with Crippen LogP contribution in [0.3, 0.4) is 0 Å². The van der Waals surface area contributed by atoms with Crippen LogP contribution in [0.4, 0.5) is 0 Å². The van der Waals surface area contributed by atoms with E-state index in [1.807, 2.05) is 0 Å². The minimum absolute atomic E-state index is 0.0138. The van der Waals surface area contributed by atoms with E-state index in [9.17, 15) is 9.59 Å². The van der Waals surface area contributed by atoms with Gasteiger partial charge in [-0.25, -0.2) is 4.68 Å². The molecule has 3 N–H and O–H groups in total. The van der Waals surface area contributed by atoms with Crippen molar-refractivity contribution in [1.29, 1.82) is 0 Å². The summed E-state index contributed by atoms with van der Waals surface area (Å²) in [5.74, 6) is -0.865. The molecule has 2 rings (SSSR count). The second kappa shape index (κ2) is 7.16. The van der Waals surface area contributed by atoms with E-state index in [1.165, 1.54) is 4.68 Å². The Bertz CT molecular complexity index is 502. The number of rotatable bonds is 6. The lowest BCUT2D eigenvalue weighted by Crippen LogP contribution is -2.45. The molecule has 1 saturated heterocycles. The zero-order valence-corrected chi connectivity index (χ0v) is 11.9. The molecule has 0 bridgehead atoms. The van der Waals surface area contributed by atoms with E-state index in [0.717, 1.165) is 19.3 Å². The van der Waals surface area contributed by atoms with Crippen molar-refractivity contribution >= 4 is 11.9 Å². The number of carbonyl (C=O) groups is 2. The van der Waals surface area contributed by atoms with Crippen LogP contribution in [0.25, 0.3) is 0 Å². The second-order valence-corrected chi connectivity index (χ2v) is 5.28. The zero-order chi connectivity index (χ0) is 15.2. The third-order valence-corrected chi connectivity index (χ3v) is 3.73. The monoisotopic (exact) mass is 295 g/mol. The number of carboxylic acid groups (broad SMARTS) is 1. The molecule has 8 heteroatoms. The summed E-state index contributed by atoms with van der Waals surface area (Å²) in [6.07, 6.45) is 5.12. The average molecular weight is 295 g/mol. The van der Waals surface area contributed by atoms with Crippen molar-refractivity contribution in [2.45, 2.75) is 51.2 Å². The molecule has 1 aromatic heterocycles. The van der Waals surface area contributed by atoms with Crippen LogP contribution in [-0.4, -0.2) is 49.5 Å². The molecule has 0 aromatic carbocycles. The maximum Gasteiger partial charge on any atom is 0.303 e. The molecule has 2 heterocycles. The molecule has 1 aromatic rings. The van der Waals surface area contributed by atoms with Crippen LogP contribution in [-0.2, 0) is 22.7 Å². The Hall–Kier alpha value is -1.96. The van der Waals surface area contributed by atoms with Crippen LogP contribution in [0.5, 0.6) is 0 Å². The summed E-state index contributed by atoms with van der Waals surface area (Å²) in [7, 11) is 0. The normalized spacial score (nSPS) is 18.7. The summed E-state index contributed by atoms with van der Waals surface area (Å²) >= 11 is 0. The Kier molecular flexibility index (Phi) is 5.26. The van der Waals surface area contributed by atoms with Crippen molar-refractivity contribution in [3.05, 3.63) is 11.9 Å². The van der Waals surface area contributed by atoms with Gasteiger partial charge in [0.05, 0.1) is 11.9 Å². The summed E-state index contributed by atoms with van der Waals surface area (Å²) in [5.41, 5.74) is 6.10. The van der Waals surface area contributed by atoms with Crippen molar-refractivity contribution in [3.8, 4) is 0 Å². The molecule has 0 radical (unpaired) electrons. The first-order valence-corrected chi connectivity index (χ1v) is 7.20. The van der Waals surface area contributed by atoms with Crippen LogP contribution in [0.2, 0.25) is 0 Å². The summed E-state index contributed by atoms with van der Waals surface area (Å²) in [6.45, 7) is 1.09. The molecule has 1 atom stereocenters. The molecular formula is C13H21N5O3. The predicted molar refractivity (Wildman–Crippen MR) is 74.1 cm³/mol. The fourth-order valence-corrected chi connectivity index (χ4v) is 2.66. The van der Waals surface area contributed by atoms with E-state index in [0.29, 0.717) is 25.2 Å². The van der Waals surface area contributed by atoms with Crippen LogP contribution in [0, 0.1) is 0 Å². The molecule has 0 saturated carbocycles. The molecule has 1 aliphatic heterocycles. The number of hydrogen-bond donors (Lipinski definition) is 2. The zero-order valence-electron chi connectivity index (χ0n) is 11.9. The minimum atomic E-state index is -0.822. The van der Waals surface area contributed by atoms with Crippen molar-refractivity contribution < 1.29 is 14.7 Å². The number of nitrogens with two attached hydrogens (primary N) is 1. The van der Waals surface area contributed by atoms with Gasteiger partial charge in [0.2, 0.25) is 5.91 Å². The molecule has 8 nitrogen and oxygen atoms in total. The second-order valence-electron chi connectivity index (χ2n) is 5.28. The number of aliphatic carboxylic acids is 1. The third kappa shape index (κ3) is 4.25. The number of amides is 1. The van der Waals surface area contributed by atoms with Gasteiger partial charge in [-0.2, -0.15) is 0 Å². The van der Waals surface area contributed by atoms with Gasteiger partial charge in [0.25, 0.3) is 0 Å². The lowest BCUT2D eigenvalue weighted by molar-refractivity contribution is -0.140. The molecule has 21 heavy (non-hydrogen) atoms. The minimum Gasteiger partial charge on any atom is -0.481 e. The Balaban J connectivity index is 1.95. The molecule has 0 aliphatic carbocycles. The van der Waals surface area contributed by atoms with Gasteiger partial charge in [-0.3, -0.25) is 9.59 Å². The maximum atomic E-state index is 12.4. The fraction of sp³-hybridized carbons (Fsp3) is 0.692. The highest BCUT2D eigenvalue weighted by Crippen LogP contribution is 2.21. The highest BCUT2D eigenvalue weighted by atomic mass is 16.4. The van der Waals surface area contributed by atoms with Gasteiger partial charge in [0.15, 0.2) is 0 Å². The molecule has 1 fully saturated rings. The number of hydrogen-bond acceptors (Lipinski definition) is 5.